The van der Waals surface area contributed by atoms with Gasteiger partial charge in [-0.05, 0) is 37.3 Å². The van der Waals surface area contributed by atoms with Crippen LogP contribution < -0.4 is 15.8 Å². The zero-order valence-electron chi connectivity index (χ0n) is 12.0. The third-order valence-electron chi connectivity index (χ3n) is 3.51. The Kier molecular flexibility index (Phi) is 7.29. The molecule has 0 aromatic heterocycles. The highest BCUT2D eigenvalue weighted by atomic mass is 35.5. The number of ether oxygens (including phenoxy) is 1. The Bertz CT molecular complexity index is 467. The van der Waals surface area contributed by atoms with E-state index in [2.05, 4.69) is 5.32 Å². The zero-order chi connectivity index (χ0) is 14.5. The SMILES string of the molecule is CCC(Oc1ccccc1Cl)C(=O)NCC(N)C1CC1.Cl. The van der Waals surface area contributed by atoms with Crippen molar-refractivity contribution >= 4 is 29.9 Å². The fourth-order valence-electron chi connectivity index (χ4n) is 2.04. The average Bonchev–Trinajstić information content (AvgIpc) is 3.28. The van der Waals surface area contributed by atoms with Crippen molar-refractivity contribution in [2.24, 2.45) is 11.7 Å². The van der Waals surface area contributed by atoms with Gasteiger partial charge >= 0.3 is 0 Å². The molecule has 1 amide bonds. The van der Waals surface area contributed by atoms with Crippen LogP contribution in [0.1, 0.15) is 26.2 Å². The molecule has 1 aromatic rings. The van der Waals surface area contributed by atoms with Crippen LogP contribution in [0.3, 0.4) is 0 Å². The molecule has 2 rings (SSSR count). The maximum atomic E-state index is 12.1. The maximum Gasteiger partial charge on any atom is 0.261 e. The Morgan fingerprint density at radius 1 is 1.48 bits per heavy atom. The van der Waals surface area contributed by atoms with Crippen LogP contribution in [-0.2, 0) is 4.79 Å². The van der Waals surface area contributed by atoms with Crippen LogP contribution in [0.4, 0.5) is 0 Å². The van der Waals surface area contributed by atoms with E-state index < -0.39 is 6.10 Å². The number of nitrogens with one attached hydrogen (secondary N) is 1. The van der Waals surface area contributed by atoms with E-state index in [0.29, 0.717) is 29.7 Å². The first-order chi connectivity index (χ1) is 9.61. The van der Waals surface area contributed by atoms with E-state index in [9.17, 15) is 4.79 Å². The summed E-state index contributed by atoms with van der Waals surface area (Å²) in [6.45, 7) is 2.41. The lowest BCUT2D eigenvalue weighted by atomic mass is 10.2. The summed E-state index contributed by atoms with van der Waals surface area (Å²) in [7, 11) is 0. The van der Waals surface area contributed by atoms with E-state index in [1.807, 2.05) is 19.1 Å². The molecule has 6 heteroatoms. The molecule has 2 unspecified atom stereocenters. The van der Waals surface area contributed by atoms with Gasteiger partial charge in [-0.3, -0.25) is 4.79 Å². The molecule has 0 spiro atoms. The number of para-hydroxylation sites is 1. The van der Waals surface area contributed by atoms with Crippen LogP contribution in [0.2, 0.25) is 5.02 Å². The fourth-order valence-corrected chi connectivity index (χ4v) is 2.22. The first-order valence-electron chi connectivity index (χ1n) is 7.06. The lowest BCUT2D eigenvalue weighted by molar-refractivity contribution is -0.128. The van der Waals surface area contributed by atoms with E-state index >= 15 is 0 Å². The van der Waals surface area contributed by atoms with Crippen LogP contribution in [-0.4, -0.2) is 24.6 Å². The van der Waals surface area contributed by atoms with Gasteiger partial charge in [0.2, 0.25) is 0 Å². The second-order valence-corrected chi connectivity index (χ2v) is 5.60. The molecule has 0 radical (unpaired) electrons. The lowest BCUT2D eigenvalue weighted by Gasteiger charge is -2.19. The van der Waals surface area contributed by atoms with Crippen molar-refractivity contribution in [1.29, 1.82) is 0 Å². The van der Waals surface area contributed by atoms with Gasteiger partial charge < -0.3 is 15.8 Å². The first kappa shape index (κ1) is 18.1. The van der Waals surface area contributed by atoms with Crippen molar-refractivity contribution in [2.45, 2.75) is 38.3 Å². The first-order valence-corrected chi connectivity index (χ1v) is 7.44. The molecule has 1 aromatic carbocycles. The van der Waals surface area contributed by atoms with Crippen molar-refractivity contribution in [3.8, 4) is 5.75 Å². The summed E-state index contributed by atoms with van der Waals surface area (Å²) in [5, 5.41) is 3.37. The smallest absolute Gasteiger partial charge is 0.261 e. The molecular weight excluding hydrogens is 311 g/mol. The summed E-state index contributed by atoms with van der Waals surface area (Å²) >= 11 is 6.03. The lowest BCUT2D eigenvalue weighted by Crippen LogP contribution is -2.44. The van der Waals surface area contributed by atoms with E-state index in [1.54, 1.807) is 12.1 Å². The number of hydrogen-bond donors (Lipinski definition) is 2. The number of carbonyl (C=O) groups is 1. The predicted octanol–water partition coefficient (Wildman–Crippen LogP) is 2.77. The molecular formula is C15H22Cl2N2O2. The standard InChI is InChI=1S/C15H21ClN2O2.ClH/c1-2-13(20-14-6-4-3-5-11(14)16)15(19)18-9-12(17)10-7-8-10;/h3-6,10,12-13H,2,7-9,17H2,1H3,(H,18,19);1H. The van der Waals surface area contributed by atoms with Crippen molar-refractivity contribution in [2.75, 3.05) is 6.54 Å². The Morgan fingerprint density at radius 2 is 2.14 bits per heavy atom. The van der Waals surface area contributed by atoms with Crippen molar-refractivity contribution < 1.29 is 9.53 Å². The number of halogens is 2. The number of benzene rings is 1. The van der Waals surface area contributed by atoms with Gasteiger partial charge in [0, 0.05) is 12.6 Å². The highest BCUT2D eigenvalue weighted by Gasteiger charge is 2.29. The van der Waals surface area contributed by atoms with Crippen LogP contribution in [0.25, 0.3) is 0 Å². The Hall–Kier alpha value is -0.970. The largest absolute Gasteiger partial charge is 0.479 e. The molecule has 118 valence electrons. The van der Waals surface area contributed by atoms with Gasteiger partial charge in [-0.1, -0.05) is 30.7 Å². The van der Waals surface area contributed by atoms with E-state index in [4.69, 9.17) is 22.1 Å². The molecule has 0 aliphatic heterocycles. The monoisotopic (exact) mass is 332 g/mol. The van der Waals surface area contributed by atoms with Crippen LogP contribution in [0.5, 0.6) is 5.75 Å². The molecule has 0 saturated heterocycles. The van der Waals surface area contributed by atoms with E-state index in [0.717, 1.165) is 0 Å². The van der Waals surface area contributed by atoms with E-state index in [1.165, 1.54) is 12.8 Å². The number of carbonyl (C=O) groups excluding carboxylic acids is 1. The van der Waals surface area contributed by atoms with Gasteiger partial charge in [0.1, 0.15) is 5.75 Å². The summed E-state index contributed by atoms with van der Waals surface area (Å²) in [6, 6.07) is 7.20. The average molecular weight is 333 g/mol. The highest BCUT2D eigenvalue weighted by molar-refractivity contribution is 6.32. The van der Waals surface area contributed by atoms with Gasteiger partial charge in [0.05, 0.1) is 5.02 Å². The van der Waals surface area contributed by atoms with Crippen molar-refractivity contribution in [1.82, 2.24) is 5.32 Å². The number of rotatable bonds is 7. The topological polar surface area (TPSA) is 64.3 Å². The second-order valence-electron chi connectivity index (χ2n) is 5.19. The van der Waals surface area contributed by atoms with Crippen LogP contribution in [0.15, 0.2) is 24.3 Å². The summed E-state index contributed by atoms with van der Waals surface area (Å²) in [6.07, 6.45) is 2.38. The molecule has 1 aliphatic carbocycles. The fraction of sp³-hybridized carbons (Fsp3) is 0.533. The molecule has 21 heavy (non-hydrogen) atoms. The van der Waals surface area contributed by atoms with Crippen LogP contribution >= 0.6 is 24.0 Å². The quantitative estimate of drug-likeness (QED) is 0.806. The number of nitrogens with two attached hydrogens (primary N) is 1. The normalized spacial score (nSPS) is 16.5. The molecule has 1 saturated carbocycles. The predicted molar refractivity (Wildman–Crippen MR) is 87.1 cm³/mol. The van der Waals surface area contributed by atoms with Gasteiger partial charge in [-0.25, -0.2) is 0 Å². The molecule has 0 bridgehead atoms. The Balaban J connectivity index is 0.00000220. The van der Waals surface area contributed by atoms with Gasteiger partial charge in [0.15, 0.2) is 6.10 Å². The Morgan fingerprint density at radius 3 is 2.71 bits per heavy atom. The molecule has 1 aliphatic rings. The minimum absolute atomic E-state index is 0. The summed E-state index contributed by atoms with van der Waals surface area (Å²) < 4.78 is 5.68. The zero-order valence-corrected chi connectivity index (χ0v) is 13.6. The molecule has 2 atom stereocenters. The van der Waals surface area contributed by atoms with Crippen molar-refractivity contribution in [3.05, 3.63) is 29.3 Å². The summed E-state index contributed by atoms with van der Waals surface area (Å²) in [5.74, 6) is 0.964. The highest BCUT2D eigenvalue weighted by Crippen LogP contribution is 2.31. The third-order valence-corrected chi connectivity index (χ3v) is 3.82. The van der Waals surface area contributed by atoms with E-state index in [-0.39, 0.29) is 24.4 Å². The van der Waals surface area contributed by atoms with Gasteiger partial charge in [0.25, 0.3) is 5.91 Å². The molecule has 3 N–H and O–H groups in total. The molecule has 4 nitrogen and oxygen atoms in total. The summed E-state index contributed by atoms with van der Waals surface area (Å²) in [5.41, 5.74) is 5.97. The number of amides is 1. The maximum absolute atomic E-state index is 12.1. The third kappa shape index (κ3) is 5.38. The summed E-state index contributed by atoms with van der Waals surface area (Å²) in [4.78, 5) is 12.1. The van der Waals surface area contributed by atoms with Crippen molar-refractivity contribution in [3.63, 3.8) is 0 Å². The molecule has 1 fully saturated rings. The van der Waals surface area contributed by atoms with Crippen LogP contribution in [0, 0.1) is 5.92 Å². The number of hydrogen-bond acceptors (Lipinski definition) is 3. The minimum atomic E-state index is -0.540. The van der Waals surface area contributed by atoms with Gasteiger partial charge in [-0.2, -0.15) is 0 Å². The molecule has 0 heterocycles. The Labute approximate surface area is 136 Å². The minimum Gasteiger partial charge on any atom is -0.479 e. The second kappa shape index (κ2) is 8.47. The van der Waals surface area contributed by atoms with Gasteiger partial charge in [-0.15, -0.1) is 12.4 Å².